The lowest BCUT2D eigenvalue weighted by molar-refractivity contribution is -0.129. The maximum Gasteiger partial charge on any atom is 0.239 e. The van der Waals surface area contributed by atoms with Gasteiger partial charge in [-0.3, -0.25) is 9.59 Å². The van der Waals surface area contributed by atoms with E-state index in [1.807, 2.05) is 13.8 Å². The maximum absolute atomic E-state index is 11.8. The van der Waals surface area contributed by atoms with Gasteiger partial charge in [0.2, 0.25) is 11.8 Å². The largest absolute Gasteiger partial charge is 0.352 e. The zero-order valence-corrected chi connectivity index (χ0v) is 12.3. The van der Waals surface area contributed by atoms with Crippen LogP contribution in [0.1, 0.15) is 65.2 Å². The van der Waals surface area contributed by atoms with Crippen LogP contribution in [0.4, 0.5) is 0 Å². The summed E-state index contributed by atoms with van der Waals surface area (Å²) in [6.45, 7) is 4.12. The molecule has 0 radical (unpaired) electrons. The van der Waals surface area contributed by atoms with E-state index in [2.05, 4.69) is 10.6 Å². The average Bonchev–Trinajstić information content (AvgIpc) is 2.66. The molecule has 19 heavy (non-hydrogen) atoms. The van der Waals surface area contributed by atoms with Crippen LogP contribution in [0.3, 0.4) is 0 Å². The van der Waals surface area contributed by atoms with Crippen molar-refractivity contribution in [2.75, 3.05) is 6.54 Å². The van der Waals surface area contributed by atoms with Crippen molar-refractivity contribution < 1.29 is 9.59 Å². The molecule has 0 saturated heterocycles. The number of hydrogen-bond donors (Lipinski definition) is 2. The van der Waals surface area contributed by atoms with Crippen LogP contribution in [-0.4, -0.2) is 24.4 Å². The minimum atomic E-state index is -0.0498. The zero-order valence-electron chi connectivity index (χ0n) is 12.3. The van der Waals surface area contributed by atoms with E-state index in [9.17, 15) is 9.59 Å². The quantitative estimate of drug-likeness (QED) is 0.727. The van der Waals surface area contributed by atoms with Crippen molar-refractivity contribution in [3.63, 3.8) is 0 Å². The van der Waals surface area contributed by atoms with Crippen molar-refractivity contribution in [2.24, 2.45) is 5.92 Å². The molecule has 0 aromatic heterocycles. The Kier molecular flexibility index (Phi) is 7.53. The van der Waals surface area contributed by atoms with Gasteiger partial charge >= 0.3 is 0 Å². The molecular formula is C15H28N2O2. The molecule has 0 atom stereocenters. The van der Waals surface area contributed by atoms with Gasteiger partial charge < -0.3 is 10.6 Å². The maximum atomic E-state index is 11.8. The second-order valence-electron chi connectivity index (χ2n) is 5.49. The number of carbonyl (C=O) groups excluding carboxylic acids is 2. The molecule has 4 nitrogen and oxygen atoms in total. The first-order chi connectivity index (χ1) is 9.17. The van der Waals surface area contributed by atoms with Crippen LogP contribution in [0.25, 0.3) is 0 Å². The molecule has 2 amide bonds. The number of amides is 2. The lowest BCUT2D eigenvalue weighted by Gasteiger charge is -2.17. The fourth-order valence-corrected chi connectivity index (χ4v) is 2.67. The standard InChI is InChI=1S/C15H28N2O2/c1-3-12(4-2)15(19)16-11-14(18)17-13-9-7-5-6-8-10-13/h12-13H,3-11H2,1-2H3,(H,16,19)(H,17,18). The second kappa shape index (κ2) is 8.94. The Hall–Kier alpha value is -1.06. The number of nitrogens with one attached hydrogen (secondary N) is 2. The summed E-state index contributed by atoms with van der Waals surface area (Å²) in [7, 11) is 0. The van der Waals surface area contributed by atoms with E-state index in [0.29, 0.717) is 6.04 Å². The second-order valence-corrected chi connectivity index (χ2v) is 5.49. The summed E-state index contributed by atoms with van der Waals surface area (Å²) in [6, 6.07) is 0.306. The molecule has 0 spiro atoms. The van der Waals surface area contributed by atoms with E-state index < -0.39 is 0 Å². The van der Waals surface area contributed by atoms with Gasteiger partial charge in [-0.1, -0.05) is 39.5 Å². The summed E-state index contributed by atoms with van der Waals surface area (Å²) >= 11 is 0. The van der Waals surface area contributed by atoms with E-state index >= 15 is 0 Å². The normalized spacial score (nSPS) is 17.0. The number of carbonyl (C=O) groups is 2. The zero-order chi connectivity index (χ0) is 14.1. The fraction of sp³-hybridized carbons (Fsp3) is 0.867. The van der Waals surface area contributed by atoms with Crippen molar-refractivity contribution >= 4 is 11.8 Å². The Bertz CT molecular complexity index is 280. The molecule has 0 aromatic carbocycles. The fourth-order valence-electron chi connectivity index (χ4n) is 2.67. The Balaban J connectivity index is 2.24. The summed E-state index contributed by atoms with van der Waals surface area (Å²) in [4.78, 5) is 23.6. The van der Waals surface area contributed by atoms with Crippen LogP contribution in [0.2, 0.25) is 0 Å². The third kappa shape index (κ3) is 6.08. The molecule has 0 aliphatic heterocycles. The molecule has 4 heteroatoms. The highest BCUT2D eigenvalue weighted by atomic mass is 16.2. The van der Waals surface area contributed by atoms with Gasteiger partial charge in [0.1, 0.15) is 0 Å². The molecule has 0 unspecified atom stereocenters. The third-order valence-corrected chi connectivity index (χ3v) is 4.00. The van der Waals surface area contributed by atoms with Crippen molar-refractivity contribution in [1.82, 2.24) is 10.6 Å². The highest BCUT2D eigenvalue weighted by Crippen LogP contribution is 2.16. The van der Waals surface area contributed by atoms with Gasteiger partial charge in [0.05, 0.1) is 6.54 Å². The minimum absolute atomic E-state index is 0.000941. The van der Waals surface area contributed by atoms with Crippen molar-refractivity contribution in [2.45, 2.75) is 71.3 Å². The SMILES string of the molecule is CCC(CC)C(=O)NCC(=O)NC1CCCCCC1. The first-order valence-corrected chi connectivity index (χ1v) is 7.74. The van der Waals surface area contributed by atoms with Gasteiger partial charge in [-0.05, 0) is 25.7 Å². The molecule has 1 aliphatic carbocycles. The molecule has 0 aromatic rings. The van der Waals surface area contributed by atoms with Gasteiger partial charge in [-0.15, -0.1) is 0 Å². The van der Waals surface area contributed by atoms with Crippen molar-refractivity contribution in [3.8, 4) is 0 Å². The van der Waals surface area contributed by atoms with E-state index in [1.165, 1.54) is 25.7 Å². The van der Waals surface area contributed by atoms with Crippen LogP contribution in [-0.2, 0) is 9.59 Å². The molecule has 1 rings (SSSR count). The monoisotopic (exact) mass is 268 g/mol. The van der Waals surface area contributed by atoms with Crippen LogP contribution in [0.5, 0.6) is 0 Å². The Morgan fingerprint density at radius 3 is 2.16 bits per heavy atom. The molecule has 1 saturated carbocycles. The topological polar surface area (TPSA) is 58.2 Å². The van der Waals surface area contributed by atoms with Gasteiger partial charge in [0, 0.05) is 12.0 Å². The van der Waals surface area contributed by atoms with Gasteiger partial charge in [0.25, 0.3) is 0 Å². The number of hydrogen-bond acceptors (Lipinski definition) is 2. The third-order valence-electron chi connectivity index (χ3n) is 4.00. The van der Waals surface area contributed by atoms with E-state index in [0.717, 1.165) is 25.7 Å². The smallest absolute Gasteiger partial charge is 0.239 e. The van der Waals surface area contributed by atoms with Gasteiger partial charge in [-0.25, -0.2) is 0 Å². The van der Waals surface area contributed by atoms with Crippen molar-refractivity contribution in [3.05, 3.63) is 0 Å². The van der Waals surface area contributed by atoms with Crippen LogP contribution < -0.4 is 10.6 Å². The first-order valence-electron chi connectivity index (χ1n) is 7.74. The van der Waals surface area contributed by atoms with Crippen LogP contribution in [0.15, 0.2) is 0 Å². The first kappa shape index (κ1) is 16.0. The number of rotatable bonds is 6. The van der Waals surface area contributed by atoms with E-state index in [1.54, 1.807) is 0 Å². The summed E-state index contributed by atoms with van der Waals surface area (Å²) < 4.78 is 0. The summed E-state index contributed by atoms with van der Waals surface area (Å²) in [5.41, 5.74) is 0. The predicted molar refractivity (Wildman–Crippen MR) is 76.7 cm³/mol. The van der Waals surface area contributed by atoms with Gasteiger partial charge in [-0.2, -0.15) is 0 Å². The average molecular weight is 268 g/mol. The van der Waals surface area contributed by atoms with Gasteiger partial charge in [0.15, 0.2) is 0 Å². The summed E-state index contributed by atoms with van der Waals surface area (Å²) in [6.07, 6.45) is 8.75. The van der Waals surface area contributed by atoms with E-state index in [-0.39, 0.29) is 24.3 Å². The molecular weight excluding hydrogens is 240 g/mol. The molecule has 2 N–H and O–H groups in total. The predicted octanol–water partition coefficient (Wildman–Crippen LogP) is 2.38. The molecule has 110 valence electrons. The molecule has 0 bridgehead atoms. The van der Waals surface area contributed by atoms with Crippen LogP contribution >= 0.6 is 0 Å². The lowest BCUT2D eigenvalue weighted by Crippen LogP contribution is -2.43. The Morgan fingerprint density at radius 2 is 1.63 bits per heavy atom. The van der Waals surface area contributed by atoms with Crippen molar-refractivity contribution in [1.29, 1.82) is 0 Å². The molecule has 0 heterocycles. The minimum Gasteiger partial charge on any atom is -0.352 e. The van der Waals surface area contributed by atoms with E-state index in [4.69, 9.17) is 0 Å². The molecule has 1 aliphatic rings. The van der Waals surface area contributed by atoms with Crippen LogP contribution in [0, 0.1) is 5.92 Å². The Labute approximate surface area is 116 Å². The highest BCUT2D eigenvalue weighted by molar-refractivity contribution is 5.85. The lowest BCUT2D eigenvalue weighted by atomic mass is 10.0. The Morgan fingerprint density at radius 1 is 1.05 bits per heavy atom. The summed E-state index contributed by atoms with van der Waals surface area (Å²) in [5.74, 6) is -0.0158. The molecule has 1 fully saturated rings. The summed E-state index contributed by atoms with van der Waals surface area (Å²) in [5, 5.41) is 5.77. The highest BCUT2D eigenvalue weighted by Gasteiger charge is 2.17.